The summed E-state index contributed by atoms with van der Waals surface area (Å²) in [6.07, 6.45) is -17.9. The number of nitrogens with zero attached hydrogens (tertiary/aromatic N) is 2. The van der Waals surface area contributed by atoms with Crippen LogP contribution in [0.3, 0.4) is 0 Å². The van der Waals surface area contributed by atoms with Crippen molar-refractivity contribution < 1.29 is 58.1 Å². The van der Waals surface area contributed by atoms with Crippen LogP contribution in [0.5, 0.6) is 0 Å². The molecular weight excluding hydrogens is 614 g/mol. The van der Waals surface area contributed by atoms with Crippen LogP contribution in [0.15, 0.2) is 36.4 Å². The first kappa shape index (κ1) is 34.3. The fraction of sp³-hybridized carbons (Fsp3) is 0.538. The zero-order chi connectivity index (χ0) is 29.9. The van der Waals surface area contributed by atoms with E-state index < -0.39 is 73.1 Å². The van der Waals surface area contributed by atoms with Crippen molar-refractivity contribution in [3.63, 3.8) is 0 Å². The van der Waals surface area contributed by atoms with E-state index in [9.17, 15) is 43.9 Å². The maximum absolute atomic E-state index is 13.9. The van der Waals surface area contributed by atoms with Crippen LogP contribution < -0.4 is 0 Å². The summed E-state index contributed by atoms with van der Waals surface area (Å²) in [7, 11) is 0. The minimum Gasteiger partial charge on any atom is -0.371 e. The van der Waals surface area contributed by atoms with E-state index in [1.54, 1.807) is 0 Å². The van der Waals surface area contributed by atoms with Gasteiger partial charge in [-0.05, 0) is 35.4 Å². The number of halogens is 11. The Balaban J connectivity index is 0.00000484. The smallest absolute Gasteiger partial charge is 0.371 e. The van der Waals surface area contributed by atoms with Crippen molar-refractivity contribution in [1.29, 1.82) is 0 Å². The Kier molecular flexibility index (Phi) is 11.5. The second kappa shape index (κ2) is 14.1. The predicted molar refractivity (Wildman–Crippen MR) is 131 cm³/mol. The molecule has 42 heavy (non-hydrogen) atoms. The summed E-state index contributed by atoms with van der Waals surface area (Å²) in [5, 5.41) is 0. The molecule has 2 aliphatic heterocycles. The zero-order valence-corrected chi connectivity index (χ0v) is 22.6. The average molecular weight is 641 g/mol. The molecular formula is C26H27ClF10N2O3. The van der Waals surface area contributed by atoms with Crippen LogP contribution in [0.4, 0.5) is 43.9 Å². The van der Waals surface area contributed by atoms with Gasteiger partial charge in [0.2, 0.25) is 0 Å². The number of benzene rings is 2. The molecule has 0 saturated carbocycles. The highest BCUT2D eigenvalue weighted by molar-refractivity contribution is 5.85. The van der Waals surface area contributed by atoms with E-state index >= 15 is 0 Å². The molecule has 0 amide bonds. The topological polar surface area (TPSA) is 34.2 Å². The van der Waals surface area contributed by atoms with Gasteiger partial charge in [0.05, 0.1) is 25.4 Å². The van der Waals surface area contributed by atoms with E-state index in [0.29, 0.717) is 0 Å². The third-order valence-corrected chi connectivity index (χ3v) is 6.84. The Bertz CT molecular complexity index is 1100. The van der Waals surface area contributed by atoms with E-state index in [4.69, 9.17) is 14.2 Å². The number of hydrogen-bond donors (Lipinski definition) is 0. The molecule has 4 rings (SSSR count). The molecule has 0 aliphatic carbocycles. The van der Waals surface area contributed by atoms with Crippen molar-refractivity contribution in [2.24, 2.45) is 0 Å². The summed E-state index contributed by atoms with van der Waals surface area (Å²) in [4.78, 5) is 2.38. The molecule has 2 aliphatic rings. The first-order valence-electron chi connectivity index (χ1n) is 12.6. The molecule has 0 bridgehead atoms. The van der Waals surface area contributed by atoms with Crippen LogP contribution >= 0.6 is 12.4 Å². The molecule has 0 spiro atoms. The monoisotopic (exact) mass is 640 g/mol. The zero-order valence-electron chi connectivity index (χ0n) is 21.7. The lowest BCUT2D eigenvalue weighted by Crippen LogP contribution is -2.53. The minimum atomic E-state index is -5.17. The molecule has 236 valence electrons. The summed E-state index contributed by atoms with van der Waals surface area (Å²) in [5.74, 6) is -4.60. The molecule has 0 N–H and O–H groups in total. The lowest BCUT2D eigenvalue weighted by atomic mass is 10.1. The van der Waals surface area contributed by atoms with Gasteiger partial charge in [-0.2, -0.15) is 26.3 Å². The molecule has 2 fully saturated rings. The average Bonchev–Trinajstić information content (AvgIpc) is 2.90. The molecule has 2 aromatic rings. The van der Waals surface area contributed by atoms with Crippen molar-refractivity contribution in [3.8, 4) is 0 Å². The van der Waals surface area contributed by atoms with Crippen LogP contribution in [0.1, 0.15) is 23.3 Å². The Labute approximate surface area is 240 Å². The highest BCUT2D eigenvalue weighted by atomic mass is 35.5. The number of rotatable bonds is 8. The maximum Gasteiger partial charge on any atom is 0.415 e. The fourth-order valence-corrected chi connectivity index (χ4v) is 4.68. The molecule has 5 nitrogen and oxygen atoms in total. The summed E-state index contributed by atoms with van der Waals surface area (Å²) >= 11 is 0. The van der Waals surface area contributed by atoms with Crippen molar-refractivity contribution in [3.05, 3.63) is 70.8 Å². The first-order chi connectivity index (χ1) is 19.2. The Morgan fingerprint density at radius 1 is 0.667 bits per heavy atom. The summed E-state index contributed by atoms with van der Waals surface area (Å²) in [5.41, 5.74) is 0.323. The second-order valence-electron chi connectivity index (χ2n) is 9.78. The van der Waals surface area contributed by atoms with Crippen LogP contribution in [-0.4, -0.2) is 86.8 Å². The van der Waals surface area contributed by atoms with Crippen molar-refractivity contribution >= 4 is 12.4 Å². The second-order valence-corrected chi connectivity index (χ2v) is 9.78. The molecule has 2 heterocycles. The van der Waals surface area contributed by atoms with Gasteiger partial charge in [0.25, 0.3) is 0 Å². The van der Waals surface area contributed by atoms with Crippen LogP contribution in [0.25, 0.3) is 0 Å². The maximum atomic E-state index is 13.9. The normalized spacial score (nSPS) is 22.4. The third kappa shape index (κ3) is 8.92. The van der Waals surface area contributed by atoms with Gasteiger partial charge in [0.15, 0.2) is 35.5 Å². The van der Waals surface area contributed by atoms with E-state index in [2.05, 4.69) is 0 Å². The molecule has 4 atom stereocenters. The lowest BCUT2D eigenvalue weighted by Gasteiger charge is -2.38. The van der Waals surface area contributed by atoms with E-state index in [1.165, 1.54) is 21.9 Å². The van der Waals surface area contributed by atoms with Gasteiger partial charge in [-0.25, -0.2) is 17.6 Å². The fourth-order valence-electron chi connectivity index (χ4n) is 4.68. The number of hydrogen-bond acceptors (Lipinski definition) is 5. The minimum absolute atomic E-state index is 0. The van der Waals surface area contributed by atoms with Gasteiger partial charge in [-0.15, -0.1) is 12.4 Å². The van der Waals surface area contributed by atoms with Gasteiger partial charge >= 0.3 is 12.4 Å². The predicted octanol–water partition coefficient (Wildman–Crippen LogP) is 5.99. The highest BCUT2D eigenvalue weighted by Crippen LogP contribution is 2.33. The molecule has 0 aromatic heterocycles. The Morgan fingerprint density at radius 3 is 1.38 bits per heavy atom. The summed E-state index contributed by atoms with van der Waals surface area (Å²) in [6.45, 7) is -2.70. The van der Waals surface area contributed by atoms with Gasteiger partial charge in [-0.3, -0.25) is 9.80 Å². The summed E-state index contributed by atoms with van der Waals surface area (Å²) in [6, 6.07) is 5.78. The Hall–Kier alpha value is -2.17. The van der Waals surface area contributed by atoms with Gasteiger partial charge < -0.3 is 14.2 Å². The number of morpholine rings is 2. The Morgan fingerprint density at radius 2 is 1.05 bits per heavy atom. The van der Waals surface area contributed by atoms with Crippen molar-refractivity contribution in [2.45, 2.75) is 36.8 Å². The van der Waals surface area contributed by atoms with E-state index in [1.807, 2.05) is 0 Å². The number of ether oxygens (including phenoxy) is 3. The van der Waals surface area contributed by atoms with E-state index in [-0.39, 0.29) is 62.9 Å². The van der Waals surface area contributed by atoms with Gasteiger partial charge in [0.1, 0.15) is 0 Å². The molecule has 2 saturated heterocycles. The quantitative estimate of drug-likeness (QED) is 0.332. The third-order valence-electron chi connectivity index (χ3n) is 6.84. The number of alkyl halides is 6. The standard InChI is InChI=1S/C26H26F10N2O3.ClH/c27-17-3-1-15(9-19(17)29)21-11-37(5-7-39-21)13-23(25(31,32)33)41-24(26(34,35)36)14-38-6-8-40-22(12-38)16-2-4-18(28)20(30)10-16;/h1-4,9-10,21-24H,5-8,11-14H2;1H/t21-,22-,23-,24-;/m0./s1. The van der Waals surface area contributed by atoms with Gasteiger partial charge in [0, 0.05) is 39.3 Å². The van der Waals surface area contributed by atoms with Crippen LogP contribution in [0.2, 0.25) is 0 Å². The summed E-state index contributed by atoms with van der Waals surface area (Å²) < 4.78 is 153. The SMILES string of the molecule is Cl.Fc1ccc([C@@H]2CN(C[C@H](O[C@@H](CN3CCO[C@H](c4ccc(F)c(F)c4)C3)C(F)(F)F)C(F)(F)F)CCO2)cc1F. The molecule has 16 heteroatoms. The van der Waals surface area contributed by atoms with Crippen molar-refractivity contribution in [1.82, 2.24) is 9.80 Å². The van der Waals surface area contributed by atoms with Gasteiger partial charge in [-0.1, -0.05) is 12.1 Å². The first-order valence-corrected chi connectivity index (χ1v) is 12.6. The molecule has 0 unspecified atom stereocenters. The van der Waals surface area contributed by atoms with Crippen LogP contribution in [-0.2, 0) is 14.2 Å². The highest BCUT2D eigenvalue weighted by Gasteiger charge is 2.50. The van der Waals surface area contributed by atoms with Crippen molar-refractivity contribution in [2.75, 3.05) is 52.5 Å². The molecule has 0 radical (unpaired) electrons. The lowest BCUT2D eigenvalue weighted by molar-refractivity contribution is -0.292. The largest absolute Gasteiger partial charge is 0.415 e. The molecule has 2 aromatic carbocycles. The van der Waals surface area contributed by atoms with Crippen LogP contribution in [0, 0.1) is 23.3 Å². The van der Waals surface area contributed by atoms with E-state index in [0.717, 1.165) is 24.3 Å².